The molecule has 1 N–H and O–H groups in total. The van der Waals surface area contributed by atoms with Crippen LogP contribution in [-0.4, -0.2) is 39.2 Å². The quantitative estimate of drug-likeness (QED) is 0.263. The smallest absolute Gasteiger partial charge is 0.349 e. The molecule has 0 spiro atoms. The van der Waals surface area contributed by atoms with E-state index in [2.05, 4.69) is 5.32 Å². The molecule has 8 heteroatoms. The fourth-order valence-corrected chi connectivity index (χ4v) is 2.72. The van der Waals surface area contributed by atoms with E-state index in [4.69, 9.17) is 18.6 Å². The Hall–Kier alpha value is -3.65. The average molecular weight is 411 g/mol. The third-order valence-corrected chi connectivity index (χ3v) is 4.30. The Bertz CT molecular complexity index is 1100. The van der Waals surface area contributed by atoms with Crippen molar-refractivity contribution in [1.82, 2.24) is 5.32 Å². The third kappa shape index (κ3) is 5.03. The molecule has 1 aromatic heterocycles. The van der Waals surface area contributed by atoms with Crippen LogP contribution < -0.4 is 20.4 Å². The Morgan fingerprint density at radius 1 is 1.00 bits per heavy atom. The van der Waals surface area contributed by atoms with Crippen LogP contribution in [0.2, 0.25) is 0 Å². The van der Waals surface area contributed by atoms with Crippen LogP contribution >= 0.6 is 0 Å². The summed E-state index contributed by atoms with van der Waals surface area (Å²) in [5.74, 6) is -0.246. The highest BCUT2D eigenvalue weighted by Crippen LogP contribution is 2.22. The predicted octanol–water partition coefficient (Wildman–Crippen LogP) is 2.79. The molecule has 0 atom stereocenters. The largest absolute Gasteiger partial charge is 0.497 e. The molecule has 0 saturated carbocycles. The molecule has 0 aliphatic rings. The number of ether oxygens (including phenoxy) is 3. The van der Waals surface area contributed by atoms with E-state index in [0.717, 1.165) is 0 Å². The van der Waals surface area contributed by atoms with Crippen molar-refractivity contribution in [3.63, 3.8) is 0 Å². The molecule has 0 unspecified atom stereocenters. The van der Waals surface area contributed by atoms with Crippen molar-refractivity contribution < 1.29 is 28.2 Å². The number of fused-ring (bicyclic) bond motifs is 1. The third-order valence-electron chi connectivity index (χ3n) is 4.30. The number of rotatable bonds is 8. The second-order valence-electron chi connectivity index (χ2n) is 6.37. The van der Waals surface area contributed by atoms with Crippen LogP contribution in [0.25, 0.3) is 11.0 Å². The van der Waals surface area contributed by atoms with Gasteiger partial charge in [0.15, 0.2) is 0 Å². The molecule has 30 heavy (non-hydrogen) atoms. The minimum absolute atomic E-state index is 0.0945. The van der Waals surface area contributed by atoms with Gasteiger partial charge in [0.25, 0.3) is 5.91 Å². The van der Waals surface area contributed by atoms with Gasteiger partial charge in [-0.1, -0.05) is 0 Å². The summed E-state index contributed by atoms with van der Waals surface area (Å²) in [7, 11) is 3.11. The van der Waals surface area contributed by atoms with Gasteiger partial charge in [0.2, 0.25) is 0 Å². The van der Waals surface area contributed by atoms with E-state index >= 15 is 0 Å². The van der Waals surface area contributed by atoms with Crippen molar-refractivity contribution in [2.45, 2.75) is 6.42 Å². The summed E-state index contributed by atoms with van der Waals surface area (Å²) >= 11 is 0. The Labute approximate surface area is 172 Å². The molecule has 1 heterocycles. The maximum Gasteiger partial charge on any atom is 0.349 e. The normalized spacial score (nSPS) is 10.6. The molecule has 156 valence electrons. The van der Waals surface area contributed by atoms with Crippen molar-refractivity contribution in [2.75, 3.05) is 27.4 Å². The van der Waals surface area contributed by atoms with E-state index < -0.39 is 17.5 Å². The maximum atomic E-state index is 12.3. The highest BCUT2D eigenvalue weighted by Gasteiger charge is 2.15. The number of carbonyl (C=O) groups is 2. The van der Waals surface area contributed by atoms with E-state index in [9.17, 15) is 14.4 Å². The minimum Gasteiger partial charge on any atom is -0.497 e. The SMILES string of the molecule is COCCCNC(=O)c1cc2ccc(OC(=O)c3ccc(OC)cc3)cc2oc1=O. The molecule has 0 bridgehead atoms. The predicted molar refractivity (Wildman–Crippen MR) is 109 cm³/mol. The summed E-state index contributed by atoms with van der Waals surface area (Å²) in [5.41, 5.74) is -0.318. The number of esters is 1. The molecule has 2 aromatic carbocycles. The molecule has 0 fully saturated rings. The molecule has 3 aromatic rings. The van der Waals surface area contributed by atoms with Gasteiger partial charge in [0, 0.05) is 31.7 Å². The van der Waals surface area contributed by atoms with E-state index in [1.807, 2.05) is 0 Å². The summed E-state index contributed by atoms with van der Waals surface area (Å²) in [5, 5.41) is 3.17. The van der Waals surface area contributed by atoms with Gasteiger partial charge in [-0.25, -0.2) is 9.59 Å². The van der Waals surface area contributed by atoms with Crippen LogP contribution in [0, 0.1) is 0 Å². The molecule has 0 saturated heterocycles. The lowest BCUT2D eigenvalue weighted by Crippen LogP contribution is -2.29. The van der Waals surface area contributed by atoms with E-state index in [0.29, 0.717) is 36.3 Å². The lowest BCUT2D eigenvalue weighted by molar-refractivity contribution is 0.0734. The van der Waals surface area contributed by atoms with Gasteiger partial charge in [-0.15, -0.1) is 0 Å². The number of methoxy groups -OCH3 is 2. The van der Waals surface area contributed by atoms with Gasteiger partial charge in [0.05, 0.1) is 12.7 Å². The summed E-state index contributed by atoms with van der Waals surface area (Å²) in [6.45, 7) is 0.884. The lowest BCUT2D eigenvalue weighted by Gasteiger charge is -2.07. The molecule has 1 amide bonds. The van der Waals surface area contributed by atoms with Crippen LogP contribution in [0.15, 0.2) is 57.7 Å². The second-order valence-corrected chi connectivity index (χ2v) is 6.37. The van der Waals surface area contributed by atoms with E-state index in [1.165, 1.54) is 19.2 Å². The number of benzene rings is 2. The highest BCUT2D eigenvalue weighted by atomic mass is 16.5. The fraction of sp³-hybridized carbons (Fsp3) is 0.227. The summed E-state index contributed by atoms with van der Waals surface area (Å²) in [4.78, 5) is 36.7. The van der Waals surface area contributed by atoms with Gasteiger partial charge in [-0.05, 0) is 48.9 Å². The molecule has 0 radical (unpaired) electrons. The minimum atomic E-state index is -0.773. The first kappa shape index (κ1) is 21.1. The summed E-state index contributed by atoms with van der Waals surface area (Å²) < 4.78 is 20.6. The Balaban J connectivity index is 1.75. The van der Waals surface area contributed by atoms with Gasteiger partial charge in [-0.2, -0.15) is 0 Å². The first-order valence-electron chi connectivity index (χ1n) is 9.23. The molecule has 3 rings (SSSR count). The Kier molecular flexibility index (Phi) is 6.82. The van der Waals surface area contributed by atoms with Gasteiger partial charge < -0.3 is 23.9 Å². The first-order chi connectivity index (χ1) is 14.5. The Morgan fingerprint density at radius 3 is 2.43 bits per heavy atom. The molecular formula is C22H21NO7. The molecular weight excluding hydrogens is 390 g/mol. The zero-order chi connectivity index (χ0) is 21.5. The zero-order valence-electron chi connectivity index (χ0n) is 16.6. The molecule has 0 aliphatic carbocycles. The maximum absolute atomic E-state index is 12.3. The van der Waals surface area contributed by atoms with Gasteiger partial charge in [0.1, 0.15) is 22.6 Å². The monoisotopic (exact) mass is 411 g/mol. The van der Waals surface area contributed by atoms with Gasteiger partial charge in [-0.3, -0.25) is 4.79 Å². The average Bonchev–Trinajstić information content (AvgIpc) is 2.76. The van der Waals surface area contributed by atoms with E-state index in [-0.39, 0.29) is 16.9 Å². The van der Waals surface area contributed by atoms with Crippen molar-refractivity contribution in [3.8, 4) is 11.5 Å². The lowest BCUT2D eigenvalue weighted by atomic mass is 10.1. The number of carbonyl (C=O) groups excluding carboxylic acids is 2. The van der Waals surface area contributed by atoms with Crippen molar-refractivity contribution in [1.29, 1.82) is 0 Å². The Morgan fingerprint density at radius 2 is 1.73 bits per heavy atom. The number of hydrogen-bond acceptors (Lipinski definition) is 7. The second kappa shape index (κ2) is 9.71. The van der Waals surface area contributed by atoms with Crippen molar-refractivity contribution in [2.24, 2.45) is 0 Å². The summed E-state index contributed by atoms with van der Waals surface area (Å²) in [6, 6.07) is 12.5. The summed E-state index contributed by atoms with van der Waals surface area (Å²) in [6.07, 6.45) is 0.629. The fourth-order valence-electron chi connectivity index (χ4n) is 2.72. The van der Waals surface area contributed by atoms with Crippen LogP contribution in [-0.2, 0) is 4.74 Å². The van der Waals surface area contributed by atoms with Crippen LogP contribution in [0.5, 0.6) is 11.5 Å². The van der Waals surface area contributed by atoms with Crippen LogP contribution in [0.3, 0.4) is 0 Å². The highest BCUT2D eigenvalue weighted by molar-refractivity contribution is 5.97. The van der Waals surface area contributed by atoms with Crippen LogP contribution in [0.4, 0.5) is 0 Å². The van der Waals surface area contributed by atoms with Crippen molar-refractivity contribution >= 4 is 22.8 Å². The number of amides is 1. The zero-order valence-corrected chi connectivity index (χ0v) is 16.6. The topological polar surface area (TPSA) is 104 Å². The van der Waals surface area contributed by atoms with Gasteiger partial charge >= 0.3 is 11.6 Å². The van der Waals surface area contributed by atoms with Crippen LogP contribution in [0.1, 0.15) is 27.1 Å². The molecule has 0 aliphatic heterocycles. The first-order valence-corrected chi connectivity index (χ1v) is 9.23. The van der Waals surface area contributed by atoms with E-state index in [1.54, 1.807) is 43.5 Å². The molecule has 8 nitrogen and oxygen atoms in total. The standard InChI is InChI=1S/C22H21NO7/c1-27-11-3-10-23-20(24)18-12-15-6-9-17(13-19(15)30-22(18)26)29-21(25)14-4-7-16(28-2)8-5-14/h4-9,12-13H,3,10-11H2,1-2H3,(H,23,24). The van der Waals surface area contributed by atoms with Crippen molar-refractivity contribution in [3.05, 3.63) is 70.1 Å². The number of hydrogen-bond donors (Lipinski definition) is 1. The number of nitrogens with one attached hydrogen (secondary N) is 1.